The number of aryl methyl sites for hydroxylation is 1. The van der Waals surface area contributed by atoms with E-state index in [4.69, 9.17) is 0 Å². The van der Waals surface area contributed by atoms with Gasteiger partial charge >= 0.3 is 4.87 Å². The van der Waals surface area contributed by atoms with E-state index in [9.17, 15) is 13.2 Å². The molecule has 0 saturated carbocycles. The van der Waals surface area contributed by atoms with Crippen LogP contribution in [0.1, 0.15) is 51.6 Å². The highest BCUT2D eigenvalue weighted by Gasteiger charge is 2.21. The van der Waals surface area contributed by atoms with Crippen LogP contribution < -0.4 is 14.5 Å². The lowest BCUT2D eigenvalue weighted by Crippen LogP contribution is -2.34. The Labute approximate surface area is 193 Å². The van der Waals surface area contributed by atoms with Crippen LogP contribution >= 0.6 is 11.3 Å². The molecule has 2 atom stereocenters. The molecule has 1 saturated heterocycles. The average Bonchev–Trinajstić information content (AvgIpc) is 3.08. The molecule has 3 aromatic rings. The van der Waals surface area contributed by atoms with Crippen LogP contribution in [0, 0.1) is 5.92 Å². The van der Waals surface area contributed by atoms with Crippen LogP contribution in [0.15, 0.2) is 52.2 Å². The maximum atomic E-state index is 13.0. The molecule has 1 aromatic heterocycles. The molecule has 4 rings (SSSR count). The van der Waals surface area contributed by atoms with Crippen molar-refractivity contribution in [3.05, 3.63) is 57.7 Å². The van der Waals surface area contributed by atoms with Gasteiger partial charge in [0.1, 0.15) is 0 Å². The lowest BCUT2D eigenvalue weighted by Gasteiger charge is -2.33. The standard InChI is InChI=1S/C24H31N3O3S2/c1-4-13-27-22-12-11-21(15-23(22)31-24(27)28)32(29,30)25-18(3)19-7-9-20(10-8-19)26-14-5-6-17(2)16-26/h7-12,15,17-18,25H,4-6,13-14,16H2,1-3H3. The Morgan fingerprint density at radius 3 is 2.62 bits per heavy atom. The van der Waals surface area contributed by atoms with Crippen LogP contribution in [0.4, 0.5) is 5.69 Å². The molecule has 0 aliphatic carbocycles. The second-order valence-corrected chi connectivity index (χ2v) is 11.5. The van der Waals surface area contributed by atoms with Gasteiger partial charge in [-0.2, -0.15) is 0 Å². The monoisotopic (exact) mass is 473 g/mol. The number of anilines is 1. The molecule has 0 spiro atoms. The maximum absolute atomic E-state index is 13.0. The van der Waals surface area contributed by atoms with Crippen molar-refractivity contribution in [2.24, 2.45) is 5.92 Å². The molecule has 1 aliphatic heterocycles. The van der Waals surface area contributed by atoms with Gasteiger partial charge in [-0.25, -0.2) is 13.1 Å². The Hall–Kier alpha value is -2.16. The topological polar surface area (TPSA) is 71.4 Å². The Bertz CT molecular complexity index is 1250. The van der Waals surface area contributed by atoms with Crippen molar-refractivity contribution < 1.29 is 8.42 Å². The van der Waals surface area contributed by atoms with Gasteiger partial charge in [-0.05, 0) is 68.0 Å². The Morgan fingerprint density at radius 2 is 1.94 bits per heavy atom. The number of rotatable bonds is 7. The summed E-state index contributed by atoms with van der Waals surface area (Å²) in [6.07, 6.45) is 3.33. The highest BCUT2D eigenvalue weighted by atomic mass is 32.2. The van der Waals surface area contributed by atoms with E-state index in [1.807, 2.05) is 26.0 Å². The molecule has 2 heterocycles. The molecule has 32 heavy (non-hydrogen) atoms. The zero-order valence-corrected chi connectivity index (χ0v) is 20.5. The van der Waals surface area contributed by atoms with Crippen molar-refractivity contribution in [2.45, 2.75) is 57.5 Å². The molecule has 6 nitrogen and oxygen atoms in total. The molecule has 8 heteroatoms. The predicted molar refractivity (Wildman–Crippen MR) is 132 cm³/mol. The molecule has 0 amide bonds. The van der Waals surface area contributed by atoms with E-state index < -0.39 is 10.0 Å². The van der Waals surface area contributed by atoms with Crippen LogP contribution in [0.2, 0.25) is 0 Å². The fraction of sp³-hybridized carbons (Fsp3) is 0.458. The summed E-state index contributed by atoms with van der Waals surface area (Å²) in [4.78, 5) is 14.8. The van der Waals surface area contributed by atoms with E-state index >= 15 is 0 Å². The van der Waals surface area contributed by atoms with E-state index in [2.05, 4.69) is 28.7 Å². The lowest BCUT2D eigenvalue weighted by atomic mass is 9.99. The summed E-state index contributed by atoms with van der Waals surface area (Å²) >= 11 is 1.09. The third-order valence-corrected chi connectivity index (χ3v) is 8.62. The van der Waals surface area contributed by atoms with Crippen molar-refractivity contribution in [1.82, 2.24) is 9.29 Å². The average molecular weight is 474 g/mol. The van der Waals surface area contributed by atoms with Gasteiger partial charge < -0.3 is 4.90 Å². The van der Waals surface area contributed by atoms with E-state index in [0.29, 0.717) is 17.2 Å². The van der Waals surface area contributed by atoms with Gasteiger partial charge in [-0.1, -0.05) is 37.3 Å². The first-order valence-electron chi connectivity index (χ1n) is 11.3. The van der Waals surface area contributed by atoms with Crippen molar-refractivity contribution in [2.75, 3.05) is 18.0 Å². The lowest BCUT2D eigenvalue weighted by molar-refractivity contribution is 0.447. The van der Waals surface area contributed by atoms with E-state index in [0.717, 1.165) is 41.9 Å². The zero-order valence-electron chi connectivity index (χ0n) is 18.9. The number of nitrogens with one attached hydrogen (secondary N) is 1. The minimum atomic E-state index is -3.72. The Balaban J connectivity index is 1.51. The number of nitrogens with zero attached hydrogens (tertiary/aromatic N) is 2. The number of sulfonamides is 1. The third-order valence-electron chi connectivity index (χ3n) is 6.14. The summed E-state index contributed by atoms with van der Waals surface area (Å²) in [6.45, 7) is 8.92. The predicted octanol–water partition coefficient (Wildman–Crippen LogP) is 4.75. The summed E-state index contributed by atoms with van der Waals surface area (Å²) in [5.41, 5.74) is 2.89. The first-order valence-corrected chi connectivity index (χ1v) is 13.6. The van der Waals surface area contributed by atoms with E-state index in [1.54, 1.807) is 22.8 Å². The second kappa shape index (κ2) is 9.37. The van der Waals surface area contributed by atoms with Gasteiger partial charge in [0.15, 0.2) is 0 Å². The number of piperidine rings is 1. The SMILES string of the molecule is CCCn1c(=O)sc2cc(S(=O)(=O)NC(C)c3ccc(N4CCCC(C)C4)cc3)ccc21. The summed E-state index contributed by atoms with van der Waals surface area (Å²) in [6, 6.07) is 12.7. The quantitative estimate of drug-likeness (QED) is 0.538. The van der Waals surface area contributed by atoms with Crippen LogP contribution in [0.25, 0.3) is 10.2 Å². The molecular formula is C24H31N3O3S2. The molecule has 0 bridgehead atoms. The second-order valence-electron chi connectivity index (χ2n) is 8.78. The van der Waals surface area contributed by atoms with Crippen LogP contribution in [-0.4, -0.2) is 26.1 Å². The van der Waals surface area contributed by atoms with E-state index in [-0.39, 0.29) is 15.8 Å². The molecule has 1 N–H and O–H groups in total. The Morgan fingerprint density at radius 1 is 1.19 bits per heavy atom. The molecule has 172 valence electrons. The zero-order chi connectivity index (χ0) is 22.9. The number of aromatic nitrogens is 1. The molecule has 2 unspecified atom stereocenters. The normalized spacial score (nSPS) is 18.2. The first-order chi connectivity index (χ1) is 15.3. The smallest absolute Gasteiger partial charge is 0.308 e. The summed E-state index contributed by atoms with van der Waals surface area (Å²) in [5, 5.41) is 0. The summed E-state index contributed by atoms with van der Waals surface area (Å²) in [7, 11) is -3.72. The van der Waals surface area contributed by atoms with Gasteiger partial charge in [0, 0.05) is 31.4 Å². The maximum Gasteiger partial charge on any atom is 0.308 e. The van der Waals surface area contributed by atoms with Gasteiger partial charge in [-0.3, -0.25) is 9.36 Å². The Kier molecular flexibility index (Phi) is 6.74. The fourth-order valence-corrected chi connectivity index (χ4v) is 6.70. The minimum absolute atomic E-state index is 0.0547. The molecule has 1 aliphatic rings. The summed E-state index contributed by atoms with van der Waals surface area (Å²) in [5.74, 6) is 0.698. The number of fused-ring (bicyclic) bond motifs is 1. The van der Waals surface area contributed by atoms with Crippen LogP contribution in [0.5, 0.6) is 0 Å². The van der Waals surface area contributed by atoms with Gasteiger partial charge in [0.2, 0.25) is 10.0 Å². The van der Waals surface area contributed by atoms with Crippen molar-refractivity contribution in [3.63, 3.8) is 0 Å². The van der Waals surface area contributed by atoms with Crippen molar-refractivity contribution >= 4 is 37.3 Å². The van der Waals surface area contributed by atoms with Gasteiger partial charge in [-0.15, -0.1) is 0 Å². The summed E-state index contributed by atoms with van der Waals surface area (Å²) < 4.78 is 31.2. The van der Waals surface area contributed by atoms with E-state index in [1.165, 1.54) is 18.5 Å². The van der Waals surface area contributed by atoms with Crippen LogP contribution in [0.3, 0.4) is 0 Å². The largest absolute Gasteiger partial charge is 0.371 e. The number of benzene rings is 2. The molecular weight excluding hydrogens is 442 g/mol. The number of thiazole rings is 1. The fourth-order valence-electron chi connectivity index (χ4n) is 4.42. The minimum Gasteiger partial charge on any atom is -0.371 e. The number of hydrogen-bond acceptors (Lipinski definition) is 5. The molecule has 1 fully saturated rings. The third kappa shape index (κ3) is 4.77. The molecule has 0 radical (unpaired) electrons. The number of hydrogen-bond donors (Lipinski definition) is 1. The van der Waals surface area contributed by atoms with Crippen LogP contribution in [-0.2, 0) is 16.6 Å². The van der Waals surface area contributed by atoms with Gasteiger partial charge in [0.05, 0.1) is 15.1 Å². The molecule has 2 aromatic carbocycles. The van der Waals surface area contributed by atoms with Crippen molar-refractivity contribution in [1.29, 1.82) is 0 Å². The highest BCUT2D eigenvalue weighted by molar-refractivity contribution is 7.89. The van der Waals surface area contributed by atoms with Gasteiger partial charge in [0.25, 0.3) is 0 Å². The van der Waals surface area contributed by atoms with Crippen molar-refractivity contribution in [3.8, 4) is 0 Å². The highest BCUT2D eigenvalue weighted by Crippen LogP contribution is 2.26. The first kappa shape index (κ1) is 23.0.